The largest absolute Gasteiger partial charge is 0.354 e. The van der Waals surface area contributed by atoms with E-state index in [-0.39, 0.29) is 11.8 Å². The van der Waals surface area contributed by atoms with E-state index < -0.39 is 0 Å². The lowest BCUT2D eigenvalue weighted by Gasteiger charge is -2.31. The third-order valence-corrected chi connectivity index (χ3v) is 4.84. The van der Waals surface area contributed by atoms with Gasteiger partial charge < -0.3 is 15.5 Å². The molecule has 5 nitrogen and oxygen atoms in total. The Hall–Kier alpha value is -1.14. The van der Waals surface area contributed by atoms with E-state index in [1.165, 1.54) is 0 Å². The predicted molar refractivity (Wildman–Crippen MR) is 83.3 cm³/mol. The van der Waals surface area contributed by atoms with Crippen LogP contribution in [0, 0.1) is 12.8 Å². The summed E-state index contributed by atoms with van der Waals surface area (Å²) in [6, 6.07) is 0.317. The van der Waals surface area contributed by atoms with Gasteiger partial charge in [-0.05, 0) is 33.7 Å². The van der Waals surface area contributed by atoms with Crippen LogP contribution in [0.2, 0.25) is 0 Å². The Bertz CT molecular complexity index is 440. The number of nitrogens with zero attached hydrogens (tertiary/aromatic N) is 2. The van der Waals surface area contributed by atoms with E-state index >= 15 is 0 Å². The zero-order chi connectivity index (χ0) is 14.5. The molecule has 1 aromatic rings. The molecule has 20 heavy (non-hydrogen) atoms. The summed E-state index contributed by atoms with van der Waals surface area (Å²) in [5, 5.41) is 9.32. The van der Waals surface area contributed by atoms with Crippen molar-refractivity contribution in [1.29, 1.82) is 0 Å². The standard InChI is InChI=1S/C14H24N4OS/c1-10(15-3)8-16-13(19)12-4-6-18(7-5-12)14-17-11(2)9-20-14/h9-10,12,15H,4-8H2,1-3H3,(H,16,19). The number of nitrogens with one attached hydrogen (secondary N) is 2. The zero-order valence-corrected chi connectivity index (χ0v) is 13.3. The van der Waals surface area contributed by atoms with Gasteiger partial charge in [0.15, 0.2) is 5.13 Å². The summed E-state index contributed by atoms with van der Waals surface area (Å²) < 4.78 is 0. The van der Waals surface area contributed by atoms with Crippen molar-refractivity contribution >= 4 is 22.4 Å². The van der Waals surface area contributed by atoms with Crippen LogP contribution in [0.15, 0.2) is 5.38 Å². The first kappa shape index (κ1) is 15.3. The Kier molecular flexibility index (Phi) is 5.37. The number of hydrogen-bond donors (Lipinski definition) is 2. The Balaban J connectivity index is 1.77. The van der Waals surface area contributed by atoms with Crippen LogP contribution in [0.25, 0.3) is 0 Å². The molecule has 0 aliphatic carbocycles. The maximum atomic E-state index is 12.1. The minimum absolute atomic E-state index is 0.149. The van der Waals surface area contributed by atoms with Gasteiger partial charge in [-0.1, -0.05) is 0 Å². The van der Waals surface area contributed by atoms with Gasteiger partial charge in [0.1, 0.15) is 0 Å². The third kappa shape index (κ3) is 3.93. The summed E-state index contributed by atoms with van der Waals surface area (Å²) in [6.07, 6.45) is 1.83. The highest BCUT2D eigenvalue weighted by Crippen LogP contribution is 2.26. The van der Waals surface area contributed by atoms with E-state index in [0.29, 0.717) is 12.6 Å². The molecule has 1 aromatic heterocycles. The van der Waals surface area contributed by atoms with Gasteiger partial charge >= 0.3 is 0 Å². The second-order valence-electron chi connectivity index (χ2n) is 5.47. The van der Waals surface area contributed by atoms with E-state index in [2.05, 4.69) is 32.8 Å². The molecular formula is C14H24N4OS. The molecule has 0 spiro atoms. The molecule has 0 saturated carbocycles. The first-order chi connectivity index (χ1) is 9.60. The quantitative estimate of drug-likeness (QED) is 0.862. The summed E-state index contributed by atoms with van der Waals surface area (Å²) >= 11 is 1.69. The molecule has 1 aliphatic rings. The molecule has 1 saturated heterocycles. The molecular weight excluding hydrogens is 272 g/mol. The number of likely N-dealkylation sites (N-methyl/N-ethyl adjacent to an activating group) is 1. The van der Waals surface area contributed by atoms with Crippen LogP contribution in [-0.2, 0) is 4.79 Å². The van der Waals surface area contributed by atoms with Crippen molar-refractivity contribution in [2.45, 2.75) is 32.7 Å². The smallest absolute Gasteiger partial charge is 0.223 e. The van der Waals surface area contributed by atoms with Crippen molar-refractivity contribution in [3.8, 4) is 0 Å². The van der Waals surface area contributed by atoms with Crippen molar-refractivity contribution in [2.24, 2.45) is 5.92 Å². The normalized spacial score (nSPS) is 18.1. The molecule has 2 rings (SSSR count). The summed E-state index contributed by atoms with van der Waals surface area (Å²) in [5.74, 6) is 0.346. The summed E-state index contributed by atoms with van der Waals surface area (Å²) in [4.78, 5) is 18.9. The van der Waals surface area contributed by atoms with E-state index in [4.69, 9.17) is 0 Å². The molecule has 0 bridgehead atoms. The first-order valence-electron chi connectivity index (χ1n) is 7.22. The van der Waals surface area contributed by atoms with Crippen LogP contribution in [0.1, 0.15) is 25.5 Å². The fourth-order valence-electron chi connectivity index (χ4n) is 2.32. The number of thiazole rings is 1. The zero-order valence-electron chi connectivity index (χ0n) is 12.5. The maximum Gasteiger partial charge on any atom is 0.223 e. The molecule has 1 fully saturated rings. The Morgan fingerprint density at radius 2 is 2.25 bits per heavy atom. The van der Waals surface area contributed by atoms with Gasteiger partial charge in [0.05, 0.1) is 5.69 Å². The lowest BCUT2D eigenvalue weighted by atomic mass is 9.96. The summed E-state index contributed by atoms with van der Waals surface area (Å²) in [7, 11) is 1.91. The second kappa shape index (κ2) is 7.04. The SMILES string of the molecule is CNC(C)CNC(=O)C1CCN(c2nc(C)cs2)CC1. The predicted octanol–water partition coefficient (Wildman–Crippen LogP) is 1.39. The number of piperidine rings is 1. The number of amides is 1. The van der Waals surface area contributed by atoms with Gasteiger partial charge in [-0.15, -0.1) is 11.3 Å². The number of anilines is 1. The Labute approximate surface area is 124 Å². The first-order valence-corrected chi connectivity index (χ1v) is 8.10. The molecule has 0 radical (unpaired) electrons. The number of aromatic nitrogens is 1. The molecule has 1 amide bonds. The minimum Gasteiger partial charge on any atom is -0.354 e. The molecule has 2 N–H and O–H groups in total. The average molecular weight is 296 g/mol. The summed E-state index contributed by atoms with van der Waals surface area (Å²) in [5.41, 5.74) is 1.07. The maximum absolute atomic E-state index is 12.1. The number of carbonyl (C=O) groups is 1. The molecule has 112 valence electrons. The van der Waals surface area contributed by atoms with Crippen LogP contribution < -0.4 is 15.5 Å². The van der Waals surface area contributed by atoms with E-state index in [9.17, 15) is 4.79 Å². The van der Waals surface area contributed by atoms with Gasteiger partial charge in [-0.3, -0.25) is 4.79 Å². The van der Waals surface area contributed by atoms with Gasteiger partial charge in [-0.25, -0.2) is 4.98 Å². The molecule has 1 aliphatic heterocycles. The molecule has 2 heterocycles. The minimum atomic E-state index is 0.149. The van der Waals surface area contributed by atoms with Crippen LogP contribution in [0.5, 0.6) is 0 Å². The van der Waals surface area contributed by atoms with Crippen molar-refractivity contribution < 1.29 is 4.79 Å². The molecule has 6 heteroatoms. The van der Waals surface area contributed by atoms with Crippen molar-refractivity contribution in [3.63, 3.8) is 0 Å². The summed E-state index contributed by atoms with van der Waals surface area (Å²) in [6.45, 7) is 6.62. The molecule has 1 unspecified atom stereocenters. The van der Waals surface area contributed by atoms with E-state index in [1.807, 2.05) is 14.0 Å². The third-order valence-electron chi connectivity index (χ3n) is 3.82. The van der Waals surface area contributed by atoms with Gasteiger partial charge in [0.2, 0.25) is 5.91 Å². The number of rotatable bonds is 5. The fraction of sp³-hybridized carbons (Fsp3) is 0.714. The highest BCUT2D eigenvalue weighted by molar-refractivity contribution is 7.13. The number of carbonyl (C=O) groups excluding carboxylic acids is 1. The monoisotopic (exact) mass is 296 g/mol. The van der Waals surface area contributed by atoms with Crippen molar-refractivity contribution in [2.75, 3.05) is 31.6 Å². The second-order valence-corrected chi connectivity index (χ2v) is 6.30. The fourth-order valence-corrected chi connectivity index (χ4v) is 3.18. The van der Waals surface area contributed by atoms with Gasteiger partial charge in [-0.2, -0.15) is 0 Å². The van der Waals surface area contributed by atoms with E-state index in [1.54, 1.807) is 11.3 Å². The number of aryl methyl sites for hydroxylation is 1. The molecule has 0 aromatic carbocycles. The highest BCUT2D eigenvalue weighted by Gasteiger charge is 2.26. The lowest BCUT2D eigenvalue weighted by molar-refractivity contribution is -0.125. The van der Waals surface area contributed by atoms with Gasteiger partial charge in [0.25, 0.3) is 0 Å². The lowest BCUT2D eigenvalue weighted by Crippen LogP contribution is -2.44. The number of hydrogen-bond acceptors (Lipinski definition) is 5. The molecule has 1 atom stereocenters. The average Bonchev–Trinajstić information content (AvgIpc) is 2.91. The van der Waals surface area contributed by atoms with Crippen molar-refractivity contribution in [1.82, 2.24) is 15.6 Å². The van der Waals surface area contributed by atoms with Gasteiger partial charge in [0, 0.05) is 37.0 Å². The van der Waals surface area contributed by atoms with Crippen LogP contribution in [0.3, 0.4) is 0 Å². The van der Waals surface area contributed by atoms with Crippen LogP contribution in [0.4, 0.5) is 5.13 Å². The van der Waals surface area contributed by atoms with Crippen LogP contribution in [-0.4, -0.2) is 43.6 Å². The topological polar surface area (TPSA) is 57.3 Å². The highest BCUT2D eigenvalue weighted by atomic mass is 32.1. The van der Waals surface area contributed by atoms with E-state index in [0.717, 1.165) is 36.8 Å². The van der Waals surface area contributed by atoms with Crippen LogP contribution >= 0.6 is 11.3 Å². The van der Waals surface area contributed by atoms with Crippen molar-refractivity contribution in [3.05, 3.63) is 11.1 Å². The Morgan fingerprint density at radius 3 is 2.80 bits per heavy atom. The Morgan fingerprint density at radius 1 is 1.55 bits per heavy atom.